The first-order valence-corrected chi connectivity index (χ1v) is 11.2. The van der Waals surface area contributed by atoms with E-state index in [1.807, 2.05) is 30.3 Å². The Bertz CT molecular complexity index is 1490. The maximum Gasteiger partial charge on any atom is 0.274 e. The Morgan fingerprint density at radius 2 is 1.77 bits per heavy atom. The summed E-state index contributed by atoms with van der Waals surface area (Å²) in [4.78, 5) is 42.0. The first-order valence-electron chi connectivity index (χ1n) is 11.2. The molecule has 1 saturated heterocycles. The Hall–Kier alpha value is -3.62. The number of ketones is 1. The third-order valence-corrected chi connectivity index (χ3v) is 6.57. The topological polar surface area (TPSA) is 99.6 Å². The number of aryl methyl sites for hydroxylation is 1. The predicted molar refractivity (Wildman–Crippen MR) is 138 cm³/mol. The van der Waals surface area contributed by atoms with Gasteiger partial charge in [0.25, 0.3) is 11.5 Å². The molecular formula is C26H27ClN4O4. The molecule has 1 amide bonds. The van der Waals surface area contributed by atoms with E-state index < -0.39 is 0 Å². The molecule has 0 bridgehead atoms. The number of benzene rings is 2. The second kappa shape index (κ2) is 9.56. The van der Waals surface area contributed by atoms with Crippen molar-refractivity contribution in [2.24, 2.45) is 12.8 Å². The van der Waals surface area contributed by atoms with Gasteiger partial charge in [0.1, 0.15) is 5.39 Å². The van der Waals surface area contributed by atoms with E-state index in [0.717, 1.165) is 11.8 Å². The molecule has 0 radical (unpaired) electrons. The average Bonchev–Trinajstić information content (AvgIpc) is 3.42. The zero-order chi connectivity index (χ0) is 24.0. The zero-order valence-electron chi connectivity index (χ0n) is 19.6. The van der Waals surface area contributed by atoms with E-state index in [1.54, 1.807) is 40.8 Å². The van der Waals surface area contributed by atoms with Crippen LogP contribution in [-0.4, -0.2) is 52.0 Å². The maximum atomic E-state index is 13.8. The van der Waals surface area contributed by atoms with Gasteiger partial charge in [0.2, 0.25) is 0 Å². The SMILES string of the molecule is COc1c(C(=O)N2CC[C@@H](N)C2)n(C)c2c1c(=O)n(CC(=O)c1ccccc1)c1ccccc21.Cl. The van der Waals surface area contributed by atoms with Gasteiger partial charge in [-0.3, -0.25) is 19.0 Å². The fourth-order valence-corrected chi connectivity index (χ4v) is 4.90. The minimum absolute atomic E-state index is 0. The summed E-state index contributed by atoms with van der Waals surface area (Å²) in [6, 6.07) is 16.2. The number of para-hydroxylation sites is 1. The highest BCUT2D eigenvalue weighted by atomic mass is 35.5. The summed E-state index contributed by atoms with van der Waals surface area (Å²) in [6.07, 6.45) is 0.731. The Morgan fingerprint density at radius 1 is 1.09 bits per heavy atom. The number of methoxy groups -OCH3 is 1. The molecule has 2 aromatic heterocycles. The van der Waals surface area contributed by atoms with Crippen molar-refractivity contribution < 1.29 is 14.3 Å². The molecule has 1 fully saturated rings. The molecule has 2 N–H and O–H groups in total. The summed E-state index contributed by atoms with van der Waals surface area (Å²) in [7, 11) is 3.22. The number of amides is 1. The van der Waals surface area contributed by atoms with Crippen LogP contribution in [-0.2, 0) is 13.6 Å². The van der Waals surface area contributed by atoms with Gasteiger partial charge in [-0.15, -0.1) is 12.4 Å². The number of hydrogen-bond donors (Lipinski definition) is 1. The average molecular weight is 495 g/mol. The number of nitrogens with two attached hydrogens (primary N) is 1. The molecule has 0 saturated carbocycles. The number of halogens is 1. The number of likely N-dealkylation sites (tertiary alicyclic amines) is 1. The number of carbonyl (C=O) groups excluding carboxylic acids is 2. The number of hydrogen-bond acceptors (Lipinski definition) is 5. The monoisotopic (exact) mass is 494 g/mol. The molecule has 9 heteroatoms. The summed E-state index contributed by atoms with van der Waals surface area (Å²) in [6.45, 7) is 0.892. The van der Waals surface area contributed by atoms with Gasteiger partial charge in [0, 0.05) is 37.1 Å². The van der Waals surface area contributed by atoms with Crippen molar-refractivity contribution in [3.8, 4) is 5.75 Å². The number of rotatable bonds is 5. The molecule has 182 valence electrons. The van der Waals surface area contributed by atoms with Crippen LogP contribution in [0.2, 0.25) is 0 Å². The van der Waals surface area contributed by atoms with Crippen LogP contribution in [0.3, 0.4) is 0 Å². The first kappa shape index (κ1) is 24.5. The van der Waals surface area contributed by atoms with Gasteiger partial charge in [0.05, 0.1) is 24.7 Å². The van der Waals surface area contributed by atoms with Crippen molar-refractivity contribution in [2.75, 3.05) is 20.2 Å². The number of ether oxygens (including phenoxy) is 1. The fourth-order valence-electron chi connectivity index (χ4n) is 4.90. The van der Waals surface area contributed by atoms with Crippen molar-refractivity contribution >= 4 is 45.9 Å². The van der Waals surface area contributed by atoms with E-state index in [9.17, 15) is 14.4 Å². The molecule has 1 atom stereocenters. The smallest absolute Gasteiger partial charge is 0.274 e. The quantitative estimate of drug-likeness (QED) is 0.430. The van der Waals surface area contributed by atoms with Crippen molar-refractivity contribution in [1.29, 1.82) is 0 Å². The zero-order valence-corrected chi connectivity index (χ0v) is 20.4. The third-order valence-electron chi connectivity index (χ3n) is 6.57. The van der Waals surface area contributed by atoms with Crippen LogP contribution in [0.25, 0.3) is 21.8 Å². The maximum absolute atomic E-state index is 13.8. The second-order valence-corrected chi connectivity index (χ2v) is 8.66. The molecule has 0 spiro atoms. The standard InChI is InChI=1S/C26H26N4O4.ClH/c1-28-22-18-10-6-7-11-19(18)30(15-20(31)16-8-4-3-5-9-16)25(32)21(22)24(34-2)23(28)26(33)29-13-12-17(27)14-29;/h3-11,17H,12-15,27H2,1-2H3;1H/t17-;/m1./s1. The molecule has 1 aliphatic rings. The van der Waals surface area contributed by atoms with Gasteiger partial charge >= 0.3 is 0 Å². The van der Waals surface area contributed by atoms with Crippen LogP contribution in [0.4, 0.5) is 0 Å². The van der Waals surface area contributed by atoms with Crippen molar-refractivity contribution in [2.45, 2.75) is 19.0 Å². The van der Waals surface area contributed by atoms with Gasteiger partial charge in [-0.1, -0.05) is 48.5 Å². The van der Waals surface area contributed by atoms with E-state index in [-0.39, 0.29) is 53.4 Å². The molecule has 1 aliphatic heterocycles. The molecule has 5 rings (SSSR count). The Morgan fingerprint density at radius 3 is 2.43 bits per heavy atom. The van der Waals surface area contributed by atoms with Crippen LogP contribution in [0.1, 0.15) is 27.3 Å². The van der Waals surface area contributed by atoms with Gasteiger partial charge in [-0.2, -0.15) is 0 Å². The van der Waals surface area contributed by atoms with Crippen molar-refractivity contribution in [3.05, 3.63) is 76.2 Å². The molecule has 0 unspecified atom stereocenters. The molecule has 2 aromatic carbocycles. The largest absolute Gasteiger partial charge is 0.493 e. The molecule has 35 heavy (non-hydrogen) atoms. The van der Waals surface area contributed by atoms with Crippen LogP contribution in [0.5, 0.6) is 5.75 Å². The van der Waals surface area contributed by atoms with Crippen molar-refractivity contribution in [1.82, 2.24) is 14.0 Å². The highest BCUT2D eigenvalue weighted by Gasteiger charge is 2.32. The number of aromatic nitrogens is 2. The Labute approximate surface area is 208 Å². The number of fused-ring (bicyclic) bond motifs is 3. The summed E-state index contributed by atoms with van der Waals surface area (Å²) in [5.41, 5.74) is 7.71. The molecule has 0 aliphatic carbocycles. The summed E-state index contributed by atoms with van der Waals surface area (Å²) in [5.74, 6) is -0.178. The van der Waals surface area contributed by atoms with Crippen LogP contribution >= 0.6 is 12.4 Å². The minimum Gasteiger partial charge on any atom is -0.493 e. The van der Waals surface area contributed by atoms with Gasteiger partial charge in [-0.05, 0) is 12.5 Å². The normalized spacial score (nSPS) is 15.4. The fraction of sp³-hybridized carbons (Fsp3) is 0.269. The first-order chi connectivity index (χ1) is 16.4. The van der Waals surface area contributed by atoms with E-state index in [2.05, 4.69) is 0 Å². The summed E-state index contributed by atoms with van der Waals surface area (Å²) in [5, 5.41) is 1.05. The summed E-state index contributed by atoms with van der Waals surface area (Å²) < 4.78 is 8.86. The number of Topliss-reactive ketones (excluding diaryl/α,β-unsaturated/α-hetero) is 1. The number of carbonyl (C=O) groups is 2. The van der Waals surface area contributed by atoms with Gasteiger partial charge in [-0.25, -0.2) is 0 Å². The van der Waals surface area contributed by atoms with Gasteiger partial charge in [0.15, 0.2) is 17.2 Å². The Balaban J connectivity index is 0.00000289. The lowest BCUT2D eigenvalue weighted by Gasteiger charge is -2.17. The lowest BCUT2D eigenvalue weighted by molar-refractivity contribution is 0.0778. The van der Waals surface area contributed by atoms with Gasteiger partial charge < -0.3 is 19.9 Å². The second-order valence-electron chi connectivity index (χ2n) is 8.66. The van der Waals surface area contributed by atoms with E-state index >= 15 is 0 Å². The van der Waals surface area contributed by atoms with Crippen molar-refractivity contribution in [3.63, 3.8) is 0 Å². The number of nitrogens with zero attached hydrogens (tertiary/aromatic N) is 3. The number of pyridine rings is 1. The lowest BCUT2D eigenvalue weighted by Crippen LogP contribution is -2.33. The minimum atomic E-state index is -0.373. The molecular weight excluding hydrogens is 468 g/mol. The van der Waals surface area contributed by atoms with E-state index in [1.165, 1.54) is 11.7 Å². The van der Waals surface area contributed by atoms with E-state index in [0.29, 0.717) is 35.4 Å². The van der Waals surface area contributed by atoms with E-state index in [4.69, 9.17) is 10.5 Å². The lowest BCUT2D eigenvalue weighted by atomic mass is 10.1. The van der Waals surface area contributed by atoms with Crippen LogP contribution in [0, 0.1) is 0 Å². The Kier molecular flexibility index (Phi) is 6.69. The summed E-state index contributed by atoms with van der Waals surface area (Å²) >= 11 is 0. The highest BCUT2D eigenvalue weighted by Crippen LogP contribution is 2.35. The molecule has 3 heterocycles. The predicted octanol–water partition coefficient (Wildman–Crippen LogP) is 2.98. The third kappa shape index (κ3) is 3.98. The van der Waals surface area contributed by atoms with Crippen LogP contribution in [0.15, 0.2) is 59.4 Å². The van der Waals surface area contributed by atoms with Crippen LogP contribution < -0.4 is 16.0 Å². The molecule has 8 nitrogen and oxygen atoms in total. The molecule has 4 aromatic rings. The highest BCUT2D eigenvalue weighted by molar-refractivity contribution is 6.12.